The van der Waals surface area contributed by atoms with Crippen LogP contribution in [0.1, 0.15) is 45.4 Å². The lowest BCUT2D eigenvalue weighted by Crippen LogP contribution is -2.38. The highest BCUT2D eigenvalue weighted by molar-refractivity contribution is 9.10. The molecule has 1 aromatic rings. The zero-order valence-electron chi connectivity index (χ0n) is 12.5. The van der Waals surface area contributed by atoms with E-state index in [0.717, 1.165) is 35.6 Å². The lowest BCUT2D eigenvalue weighted by atomic mass is 10.1. The summed E-state index contributed by atoms with van der Waals surface area (Å²) in [5.74, 6) is 1.84. The number of nitrogens with zero attached hydrogens (tertiary/aromatic N) is 3. The third kappa shape index (κ3) is 5.02. The normalized spacial score (nSPS) is 17.9. The summed E-state index contributed by atoms with van der Waals surface area (Å²) >= 11 is 3.47. The van der Waals surface area contributed by atoms with Crippen LogP contribution < -0.4 is 5.32 Å². The van der Waals surface area contributed by atoms with Gasteiger partial charge in [-0.1, -0.05) is 13.3 Å². The summed E-state index contributed by atoms with van der Waals surface area (Å²) in [6.45, 7) is 7.94. The number of halogens is 1. The molecule has 1 saturated heterocycles. The average molecular weight is 341 g/mol. The summed E-state index contributed by atoms with van der Waals surface area (Å²) in [6.07, 6.45) is 6.06. The molecule has 5 heteroatoms. The van der Waals surface area contributed by atoms with Crippen LogP contribution in [0, 0.1) is 0 Å². The number of rotatable bonds is 6. The lowest BCUT2D eigenvalue weighted by Gasteiger charge is -2.29. The Balaban J connectivity index is 1.90. The van der Waals surface area contributed by atoms with Crippen LogP contribution in [0.15, 0.2) is 10.7 Å². The molecular weight excluding hydrogens is 316 g/mol. The zero-order chi connectivity index (χ0) is 14.4. The second-order valence-electron chi connectivity index (χ2n) is 5.65. The fourth-order valence-electron chi connectivity index (χ4n) is 2.70. The van der Waals surface area contributed by atoms with Gasteiger partial charge in [0.1, 0.15) is 16.2 Å². The van der Waals surface area contributed by atoms with E-state index in [-0.39, 0.29) is 0 Å². The van der Waals surface area contributed by atoms with E-state index in [1.54, 1.807) is 0 Å². The first-order valence-corrected chi connectivity index (χ1v) is 8.49. The molecule has 0 radical (unpaired) electrons. The number of anilines is 1. The molecule has 20 heavy (non-hydrogen) atoms. The minimum atomic E-state index is 0.407. The molecule has 0 spiro atoms. The molecule has 1 fully saturated rings. The maximum atomic E-state index is 4.59. The van der Waals surface area contributed by atoms with E-state index in [2.05, 4.69) is 50.0 Å². The maximum absolute atomic E-state index is 4.59. The molecule has 0 aromatic carbocycles. The summed E-state index contributed by atoms with van der Waals surface area (Å²) in [5, 5.41) is 3.51. The molecular formula is C15H25BrN4. The predicted octanol–water partition coefficient (Wildman–Crippen LogP) is 3.48. The number of nitrogens with one attached hydrogen (secondary N) is 1. The van der Waals surface area contributed by atoms with Crippen molar-refractivity contribution in [3.8, 4) is 0 Å². The second kappa shape index (κ2) is 7.93. The molecule has 0 amide bonds. The van der Waals surface area contributed by atoms with Gasteiger partial charge in [-0.25, -0.2) is 9.97 Å². The van der Waals surface area contributed by atoms with Crippen LogP contribution in [0.4, 0.5) is 5.82 Å². The SMILES string of the molecule is CCCc1nc(Br)cc(NC(C)CN2CCCCC2)n1. The van der Waals surface area contributed by atoms with Crippen LogP contribution in [0.25, 0.3) is 0 Å². The fraction of sp³-hybridized carbons (Fsp3) is 0.733. The highest BCUT2D eigenvalue weighted by Gasteiger charge is 2.14. The van der Waals surface area contributed by atoms with Crippen molar-refractivity contribution in [1.29, 1.82) is 0 Å². The second-order valence-corrected chi connectivity index (χ2v) is 6.46. The highest BCUT2D eigenvalue weighted by Crippen LogP contribution is 2.15. The first kappa shape index (κ1) is 15.7. The van der Waals surface area contributed by atoms with Crippen LogP contribution in [0.2, 0.25) is 0 Å². The number of piperidine rings is 1. The standard InChI is InChI=1S/C15H25BrN4/c1-3-7-14-18-13(16)10-15(19-14)17-12(2)11-20-8-5-4-6-9-20/h10,12H,3-9,11H2,1-2H3,(H,17,18,19). The van der Waals surface area contributed by atoms with Crippen molar-refractivity contribution >= 4 is 21.7 Å². The van der Waals surface area contributed by atoms with E-state index in [0.29, 0.717) is 6.04 Å². The molecule has 0 bridgehead atoms. The molecule has 2 rings (SSSR count). The summed E-state index contributed by atoms with van der Waals surface area (Å²) in [4.78, 5) is 11.5. The molecule has 0 saturated carbocycles. The Morgan fingerprint density at radius 1 is 1.30 bits per heavy atom. The monoisotopic (exact) mass is 340 g/mol. The molecule has 0 aliphatic carbocycles. The third-order valence-corrected chi connectivity index (χ3v) is 4.00. The molecule has 112 valence electrons. The third-order valence-electron chi connectivity index (χ3n) is 3.59. The minimum absolute atomic E-state index is 0.407. The summed E-state index contributed by atoms with van der Waals surface area (Å²) in [7, 11) is 0. The fourth-order valence-corrected chi connectivity index (χ4v) is 3.12. The molecule has 4 nitrogen and oxygen atoms in total. The van der Waals surface area contributed by atoms with Crippen molar-refractivity contribution in [3.05, 3.63) is 16.5 Å². The predicted molar refractivity (Wildman–Crippen MR) is 87.1 cm³/mol. The number of likely N-dealkylation sites (tertiary alicyclic amines) is 1. The zero-order valence-corrected chi connectivity index (χ0v) is 14.1. The first-order chi connectivity index (χ1) is 9.67. The van der Waals surface area contributed by atoms with Crippen molar-refractivity contribution < 1.29 is 0 Å². The van der Waals surface area contributed by atoms with Crippen LogP contribution in [-0.2, 0) is 6.42 Å². The van der Waals surface area contributed by atoms with Gasteiger partial charge in [0.2, 0.25) is 0 Å². The van der Waals surface area contributed by atoms with Crippen LogP contribution in [0.5, 0.6) is 0 Å². The quantitative estimate of drug-likeness (QED) is 0.805. The van der Waals surface area contributed by atoms with E-state index in [9.17, 15) is 0 Å². The Morgan fingerprint density at radius 2 is 2.05 bits per heavy atom. The van der Waals surface area contributed by atoms with Gasteiger partial charge in [-0.3, -0.25) is 0 Å². The van der Waals surface area contributed by atoms with Crippen molar-refractivity contribution in [2.24, 2.45) is 0 Å². The number of aryl methyl sites for hydroxylation is 1. The van der Waals surface area contributed by atoms with Crippen molar-refractivity contribution in [1.82, 2.24) is 14.9 Å². The lowest BCUT2D eigenvalue weighted by molar-refractivity contribution is 0.223. The van der Waals surface area contributed by atoms with Gasteiger partial charge in [0, 0.05) is 25.1 Å². The number of hydrogen-bond donors (Lipinski definition) is 1. The average Bonchev–Trinajstić information content (AvgIpc) is 2.39. The van der Waals surface area contributed by atoms with Crippen LogP contribution in [-0.4, -0.2) is 40.5 Å². The Hall–Kier alpha value is -0.680. The first-order valence-electron chi connectivity index (χ1n) is 7.69. The Labute approximate surface area is 130 Å². The van der Waals surface area contributed by atoms with Gasteiger partial charge in [0.05, 0.1) is 0 Å². The van der Waals surface area contributed by atoms with E-state index in [4.69, 9.17) is 0 Å². The van der Waals surface area contributed by atoms with Gasteiger partial charge < -0.3 is 10.2 Å². The largest absolute Gasteiger partial charge is 0.366 e. The van der Waals surface area contributed by atoms with Crippen LogP contribution in [0.3, 0.4) is 0 Å². The van der Waals surface area contributed by atoms with E-state index >= 15 is 0 Å². The molecule has 1 aliphatic heterocycles. The highest BCUT2D eigenvalue weighted by atomic mass is 79.9. The topological polar surface area (TPSA) is 41.1 Å². The molecule has 2 heterocycles. The van der Waals surface area contributed by atoms with Crippen LogP contribution >= 0.6 is 15.9 Å². The van der Waals surface area contributed by atoms with Gasteiger partial charge in [0.15, 0.2) is 0 Å². The number of aromatic nitrogens is 2. The maximum Gasteiger partial charge on any atom is 0.132 e. The van der Waals surface area contributed by atoms with Crippen molar-refractivity contribution in [2.75, 3.05) is 25.0 Å². The van der Waals surface area contributed by atoms with Crippen molar-refractivity contribution in [3.63, 3.8) is 0 Å². The van der Waals surface area contributed by atoms with Gasteiger partial charge in [-0.05, 0) is 55.2 Å². The van der Waals surface area contributed by atoms with Gasteiger partial charge in [-0.2, -0.15) is 0 Å². The van der Waals surface area contributed by atoms with E-state index in [1.807, 2.05) is 6.07 Å². The molecule has 1 atom stereocenters. The molecule has 1 aromatic heterocycles. The van der Waals surface area contributed by atoms with E-state index < -0.39 is 0 Å². The van der Waals surface area contributed by atoms with Crippen molar-refractivity contribution in [2.45, 2.75) is 52.0 Å². The van der Waals surface area contributed by atoms with Gasteiger partial charge in [-0.15, -0.1) is 0 Å². The summed E-state index contributed by atoms with van der Waals surface area (Å²) in [5.41, 5.74) is 0. The van der Waals surface area contributed by atoms with Gasteiger partial charge >= 0.3 is 0 Å². The Kier molecular flexibility index (Phi) is 6.23. The Bertz CT molecular complexity index is 418. The molecule has 1 unspecified atom stereocenters. The summed E-state index contributed by atoms with van der Waals surface area (Å²) in [6, 6.07) is 2.37. The van der Waals surface area contributed by atoms with Gasteiger partial charge in [0.25, 0.3) is 0 Å². The summed E-state index contributed by atoms with van der Waals surface area (Å²) < 4.78 is 0.864. The molecule has 1 aliphatic rings. The Morgan fingerprint density at radius 3 is 2.75 bits per heavy atom. The smallest absolute Gasteiger partial charge is 0.132 e. The minimum Gasteiger partial charge on any atom is -0.366 e. The van der Waals surface area contributed by atoms with E-state index in [1.165, 1.54) is 32.4 Å². The number of hydrogen-bond acceptors (Lipinski definition) is 4. The molecule has 1 N–H and O–H groups in total.